The van der Waals surface area contributed by atoms with Crippen LogP contribution in [0.2, 0.25) is 0 Å². The lowest BCUT2D eigenvalue weighted by molar-refractivity contribution is -0.116. The summed E-state index contributed by atoms with van der Waals surface area (Å²) in [7, 11) is 1.72. The van der Waals surface area contributed by atoms with E-state index in [-0.39, 0.29) is 18.0 Å². The van der Waals surface area contributed by atoms with Gasteiger partial charge in [-0.05, 0) is 68.4 Å². The summed E-state index contributed by atoms with van der Waals surface area (Å²) in [5.74, 6) is -0.0345. The number of methoxy groups -OCH3 is 1. The van der Waals surface area contributed by atoms with Gasteiger partial charge < -0.3 is 24.8 Å². The Hall–Kier alpha value is -3.23. The molecular formula is C27H33N5O2S. The number of thiocarbonyl (C=S) groups is 1. The van der Waals surface area contributed by atoms with Crippen molar-refractivity contribution in [1.29, 1.82) is 0 Å². The highest BCUT2D eigenvalue weighted by molar-refractivity contribution is 7.80. The highest BCUT2D eigenvalue weighted by Gasteiger charge is 2.41. The molecule has 7 nitrogen and oxygen atoms in total. The van der Waals surface area contributed by atoms with Crippen LogP contribution in [0.3, 0.4) is 0 Å². The summed E-state index contributed by atoms with van der Waals surface area (Å²) in [5, 5.41) is 7.15. The van der Waals surface area contributed by atoms with Gasteiger partial charge in [0.1, 0.15) is 0 Å². The average Bonchev–Trinajstić information content (AvgIpc) is 3.33. The number of carbonyl (C=O) groups excluding carboxylic acids is 1. The van der Waals surface area contributed by atoms with Crippen molar-refractivity contribution < 1.29 is 9.53 Å². The van der Waals surface area contributed by atoms with Crippen LogP contribution in [0.4, 0.5) is 5.69 Å². The van der Waals surface area contributed by atoms with E-state index in [1.165, 1.54) is 17.0 Å². The molecule has 2 atom stereocenters. The molecule has 3 heterocycles. The quantitative estimate of drug-likeness (QED) is 0.431. The van der Waals surface area contributed by atoms with Crippen LogP contribution in [0.5, 0.6) is 0 Å². The first kappa shape index (κ1) is 24.9. The molecule has 2 aromatic heterocycles. The number of para-hydroxylation sites is 1. The second-order valence-electron chi connectivity index (χ2n) is 8.90. The number of amides is 1. The van der Waals surface area contributed by atoms with Crippen LogP contribution >= 0.6 is 12.2 Å². The molecule has 1 aliphatic heterocycles. The Balaban J connectivity index is 1.61. The number of benzene rings is 1. The van der Waals surface area contributed by atoms with E-state index in [4.69, 9.17) is 17.0 Å². The van der Waals surface area contributed by atoms with Gasteiger partial charge in [0.2, 0.25) is 5.91 Å². The second-order valence-corrected chi connectivity index (χ2v) is 9.29. The molecule has 1 aromatic carbocycles. The van der Waals surface area contributed by atoms with Crippen molar-refractivity contribution in [3.63, 3.8) is 0 Å². The lowest BCUT2D eigenvalue weighted by atomic mass is 9.96. The van der Waals surface area contributed by atoms with E-state index in [2.05, 4.69) is 45.0 Å². The van der Waals surface area contributed by atoms with Crippen molar-refractivity contribution in [3.8, 4) is 0 Å². The first-order valence-corrected chi connectivity index (χ1v) is 12.3. The van der Waals surface area contributed by atoms with Crippen molar-refractivity contribution in [2.75, 3.05) is 25.6 Å². The van der Waals surface area contributed by atoms with Crippen molar-refractivity contribution >= 4 is 28.9 Å². The number of carbonyl (C=O) groups is 1. The molecule has 0 unspecified atom stereocenters. The third-order valence-corrected chi connectivity index (χ3v) is 7.00. The number of rotatable bonds is 9. The van der Waals surface area contributed by atoms with E-state index in [0.29, 0.717) is 24.7 Å². The van der Waals surface area contributed by atoms with Crippen LogP contribution in [0, 0.1) is 20.8 Å². The molecule has 1 amide bonds. The van der Waals surface area contributed by atoms with E-state index < -0.39 is 0 Å². The number of aromatic nitrogens is 2. The number of aryl methyl sites for hydroxylation is 2. The standard InChI is InChI=1S/C27H33N5O2S/c1-18-9-5-6-10-22(18)29-24(33)12-14-32-26(21-17-19(2)31(20(21)3)15-16-34-4)25(30-27(32)35)23-11-7-8-13-28-23/h5-11,13,17,25-26H,12,14-16H2,1-4H3,(H,29,33)(H,30,35)/t25-,26+/m1/s1. The fourth-order valence-electron chi connectivity index (χ4n) is 4.79. The molecule has 1 aliphatic rings. The number of hydrogen-bond donors (Lipinski definition) is 2. The molecule has 0 aliphatic carbocycles. The number of nitrogens with zero attached hydrogens (tertiary/aromatic N) is 3. The zero-order valence-corrected chi connectivity index (χ0v) is 21.6. The lowest BCUT2D eigenvalue weighted by Crippen LogP contribution is -2.33. The largest absolute Gasteiger partial charge is 0.383 e. The van der Waals surface area contributed by atoms with Crippen LogP contribution in [-0.2, 0) is 16.1 Å². The van der Waals surface area contributed by atoms with E-state index in [1.807, 2.05) is 49.4 Å². The smallest absolute Gasteiger partial charge is 0.226 e. The van der Waals surface area contributed by atoms with Crippen molar-refractivity contribution in [2.45, 2.75) is 45.8 Å². The molecule has 0 spiro atoms. The van der Waals surface area contributed by atoms with Crippen molar-refractivity contribution in [2.24, 2.45) is 0 Å². The van der Waals surface area contributed by atoms with Gasteiger partial charge in [0.25, 0.3) is 0 Å². The predicted octanol–water partition coefficient (Wildman–Crippen LogP) is 4.46. The van der Waals surface area contributed by atoms with Gasteiger partial charge in [0.05, 0.1) is 24.4 Å². The van der Waals surface area contributed by atoms with Crippen LogP contribution < -0.4 is 10.6 Å². The van der Waals surface area contributed by atoms with Gasteiger partial charge in [-0.15, -0.1) is 0 Å². The monoisotopic (exact) mass is 491 g/mol. The summed E-state index contributed by atoms with van der Waals surface area (Å²) in [6.07, 6.45) is 2.13. The summed E-state index contributed by atoms with van der Waals surface area (Å²) in [6, 6.07) is 15.8. The van der Waals surface area contributed by atoms with Crippen LogP contribution in [0.15, 0.2) is 54.7 Å². The number of anilines is 1. The summed E-state index contributed by atoms with van der Waals surface area (Å²) in [4.78, 5) is 19.6. The van der Waals surface area contributed by atoms with Crippen LogP contribution in [0.1, 0.15) is 46.7 Å². The van der Waals surface area contributed by atoms with E-state index >= 15 is 0 Å². The maximum Gasteiger partial charge on any atom is 0.226 e. The first-order chi connectivity index (χ1) is 16.9. The molecule has 1 saturated heterocycles. The average molecular weight is 492 g/mol. The molecule has 184 valence electrons. The molecule has 0 saturated carbocycles. The normalized spacial score (nSPS) is 17.5. The fourth-order valence-corrected chi connectivity index (χ4v) is 5.12. The van der Waals surface area contributed by atoms with E-state index in [0.717, 1.165) is 23.5 Å². The van der Waals surface area contributed by atoms with Gasteiger partial charge in [0.15, 0.2) is 5.11 Å². The Labute approximate surface area is 212 Å². The molecule has 35 heavy (non-hydrogen) atoms. The molecule has 0 bridgehead atoms. The third kappa shape index (κ3) is 5.39. The number of ether oxygens (including phenoxy) is 1. The van der Waals surface area contributed by atoms with Gasteiger partial charge in [-0.25, -0.2) is 0 Å². The number of pyridine rings is 1. The summed E-state index contributed by atoms with van der Waals surface area (Å²) >= 11 is 5.78. The maximum atomic E-state index is 12.8. The van der Waals surface area contributed by atoms with E-state index in [1.54, 1.807) is 13.3 Å². The molecule has 2 N–H and O–H groups in total. The fraction of sp³-hybridized carbons (Fsp3) is 0.370. The van der Waals surface area contributed by atoms with Crippen LogP contribution in [0.25, 0.3) is 0 Å². The predicted molar refractivity (Wildman–Crippen MR) is 142 cm³/mol. The third-order valence-electron chi connectivity index (χ3n) is 6.65. The lowest BCUT2D eigenvalue weighted by Gasteiger charge is -2.28. The number of nitrogens with one attached hydrogen (secondary N) is 2. The van der Waals surface area contributed by atoms with Gasteiger partial charge in [-0.3, -0.25) is 9.78 Å². The summed E-state index contributed by atoms with van der Waals surface area (Å²) in [6.45, 7) is 8.16. The maximum absolute atomic E-state index is 12.8. The van der Waals surface area contributed by atoms with Crippen molar-refractivity contribution in [3.05, 3.63) is 82.9 Å². The molecule has 1 fully saturated rings. The van der Waals surface area contributed by atoms with E-state index in [9.17, 15) is 4.79 Å². The second kappa shape index (κ2) is 11.0. The zero-order valence-electron chi connectivity index (χ0n) is 20.7. The minimum absolute atomic E-state index is 0.0345. The Morgan fingerprint density at radius 2 is 1.91 bits per heavy atom. The molecule has 4 rings (SSSR count). The van der Waals surface area contributed by atoms with Gasteiger partial charge in [0, 0.05) is 49.9 Å². The molecule has 0 radical (unpaired) electrons. The zero-order chi connectivity index (χ0) is 24.9. The minimum Gasteiger partial charge on any atom is -0.383 e. The topological polar surface area (TPSA) is 71.4 Å². The molecule has 3 aromatic rings. The van der Waals surface area contributed by atoms with Gasteiger partial charge >= 0.3 is 0 Å². The number of hydrogen-bond acceptors (Lipinski definition) is 4. The Bertz CT molecular complexity index is 1190. The Kier molecular flexibility index (Phi) is 7.83. The Morgan fingerprint density at radius 3 is 2.63 bits per heavy atom. The molecular weight excluding hydrogens is 458 g/mol. The highest BCUT2D eigenvalue weighted by atomic mass is 32.1. The van der Waals surface area contributed by atoms with Gasteiger partial charge in [-0.1, -0.05) is 24.3 Å². The molecule has 8 heteroatoms. The first-order valence-electron chi connectivity index (χ1n) is 11.9. The summed E-state index contributed by atoms with van der Waals surface area (Å²) in [5.41, 5.74) is 6.32. The van der Waals surface area contributed by atoms with Crippen molar-refractivity contribution in [1.82, 2.24) is 19.8 Å². The minimum atomic E-state index is -0.112. The SMILES string of the molecule is COCCn1c(C)cc([C@H]2[C@@H](c3ccccn3)NC(=S)N2CCC(=O)Nc2ccccc2C)c1C. The van der Waals surface area contributed by atoms with Crippen LogP contribution in [-0.4, -0.2) is 45.7 Å². The van der Waals surface area contributed by atoms with Gasteiger partial charge in [-0.2, -0.15) is 0 Å². The summed E-state index contributed by atoms with van der Waals surface area (Å²) < 4.78 is 7.60. The Morgan fingerprint density at radius 1 is 1.14 bits per heavy atom. The highest BCUT2D eigenvalue weighted by Crippen LogP contribution is 2.40.